The van der Waals surface area contributed by atoms with Crippen LogP contribution in [0.5, 0.6) is 5.75 Å². The van der Waals surface area contributed by atoms with Gasteiger partial charge in [0, 0.05) is 6.42 Å². The van der Waals surface area contributed by atoms with Crippen molar-refractivity contribution in [2.75, 3.05) is 7.11 Å². The normalized spacial score (nSPS) is 13.3. The van der Waals surface area contributed by atoms with E-state index in [1.54, 1.807) is 7.11 Å². The van der Waals surface area contributed by atoms with Crippen molar-refractivity contribution < 1.29 is 14.3 Å². The molecule has 29 heavy (non-hydrogen) atoms. The summed E-state index contributed by atoms with van der Waals surface area (Å²) in [7, 11) is 1.58. The van der Waals surface area contributed by atoms with Crippen molar-refractivity contribution in [2.24, 2.45) is 5.73 Å². The Bertz CT molecular complexity index is 1030. The summed E-state index contributed by atoms with van der Waals surface area (Å²) in [4.78, 5) is 25.3. The first kappa shape index (κ1) is 18.7. The second-order valence-corrected chi connectivity index (χ2v) is 7.13. The summed E-state index contributed by atoms with van der Waals surface area (Å²) < 4.78 is 5.23. The molecular formula is C24H22N2O3. The molecule has 1 aliphatic carbocycles. The lowest BCUT2D eigenvalue weighted by Gasteiger charge is -2.20. The topological polar surface area (TPSA) is 81.4 Å². The molecule has 2 amide bonds. The third-order valence-electron chi connectivity index (χ3n) is 5.33. The van der Waals surface area contributed by atoms with Crippen molar-refractivity contribution in [3.63, 3.8) is 0 Å². The molecule has 4 rings (SSSR count). The zero-order valence-corrected chi connectivity index (χ0v) is 16.1. The Morgan fingerprint density at radius 3 is 2.17 bits per heavy atom. The molecule has 3 N–H and O–H groups in total. The molecule has 0 bridgehead atoms. The number of amides is 2. The van der Waals surface area contributed by atoms with Crippen LogP contribution in [0.25, 0.3) is 11.1 Å². The van der Waals surface area contributed by atoms with Gasteiger partial charge in [-0.15, -0.1) is 0 Å². The highest BCUT2D eigenvalue weighted by molar-refractivity contribution is 5.98. The number of fused-ring (bicyclic) bond motifs is 3. The van der Waals surface area contributed by atoms with Crippen LogP contribution in [0.4, 0.5) is 0 Å². The molecule has 1 aliphatic rings. The van der Waals surface area contributed by atoms with Gasteiger partial charge in [-0.05, 0) is 39.9 Å². The predicted octanol–water partition coefficient (Wildman–Crippen LogP) is 3.02. The average Bonchev–Trinajstić information content (AvgIpc) is 3.08. The van der Waals surface area contributed by atoms with E-state index in [2.05, 4.69) is 5.32 Å². The summed E-state index contributed by atoms with van der Waals surface area (Å²) in [5.41, 5.74) is 10.4. The number of carbonyl (C=O) groups excluding carboxylic acids is 2. The van der Waals surface area contributed by atoms with E-state index in [9.17, 15) is 9.59 Å². The van der Waals surface area contributed by atoms with Gasteiger partial charge in [-0.25, -0.2) is 0 Å². The molecule has 0 saturated heterocycles. The number of methoxy groups -OCH3 is 1. The second kappa shape index (κ2) is 7.80. The molecule has 0 saturated carbocycles. The molecule has 146 valence electrons. The quantitative estimate of drug-likeness (QED) is 0.683. The minimum Gasteiger partial charge on any atom is -0.497 e. The van der Waals surface area contributed by atoms with E-state index in [0.29, 0.717) is 12.2 Å². The van der Waals surface area contributed by atoms with Gasteiger partial charge in [0.05, 0.1) is 13.0 Å². The van der Waals surface area contributed by atoms with Crippen LogP contribution in [0.3, 0.4) is 0 Å². The fraction of sp³-hybridized carbons (Fsp3) is 0.167. The van der Waals surface area contributed by atoms with Crippen molar-refractivity contribution in [2.45, 2.75) is 18.4 Å². The predicted molar refractivity (Wildman–Crippen MR) is 112 cm³/mol. The van der Waals surface area contributed by atoms with Crippen molar-refractivity contribution in [3.05, 3.63) is 89.5 Å². The minimum atomic E-state index is -0.811. The van der Waals surface area contributed by atoms with Crippen molar-refractivity contribution in [3.8, 4) is 16.9 Å². The summed E-state index contributed by atoms with van der Waals surface area (Å²) in [5.74, 6) is -0.569. The standard InChI is InChI=1S/C24H22N2O3/c1-29-16-8-6-7-15(13-16)14-21(23(25)27)26-24(28)22-19-11-4-2-9-17(19)18-10-3-5-12-20(18)22/h2-13,21-22H,14H2,1H3,(H2,25,27)(H,26,28)/t21-/m1/s1. The molecule has 3 aromatic carbocycles. The molecule has 0 aromatic heterocycles. The Morgan fingerprint density at radius 1 is 0.966 bits per heavy atom. The van der Waals surface area contributed by atoms with Crippen LogP contribution >= 0.6 is 0 Å². The first-order chi connectivity index (χ1) is 14.1. The van der Waals surface area contributed by atoms with Gasteiger partial charge in [0.15, 0.2) is 0 Å². The van der Waals surface area contributed by atoms with E-state index in [4.69, 9.17) is 10.5 Å². The van der Waals surface area contributed by atoms with Gasteiger partial charge < -0.3 is 15.8 Å². The number of nitrogens with two attached hydrogens (primary N) is 1. The van der Waals surface area contributed by atoms with E-state index in [1.807, 2.05) is 72.8 Å². The Balaban J connectivity index is 1.61. The molecule has 1 atom stereocenters. The van der Waals surface area contributed by atoms with E-state index in [-0.39, 0.29) is 5.91 Å². The highest BCUT2D eigenvalue weighted by Crippen LogP contribution is 2.44. The number of hydrogen-bond donors (Lipinski definition) is 2. The SMILES string of the molecule is COc1cccc(C[C@@H](NC(=O)C2c3ccccc3-c3ccccc32)C(N)=O)c1. The van der Waals surface area contributed by atoms with E-state index in [1.165, 1.54) is 0 Å². The molecule has 0 spiro atoms. The smallest absolute Gasteiger partial charge is 0.240 e. The summed E-state index contributed by atoms with van der Waals surface area (Å²) in [5, 5.41) is 2.87. The first-order valence-electron chi connectivity index (χ1n) is 9.49. The lowest BCUT2D eigenvalue weighted by molar-refractivity contribution is -0.127. The lowest BCUT2D eigenvalue weighted by atomic mass is 9.95. The van der Waals surface area contributed by atoms with Crippen LogP contribution < -0.4 is 15.8 Å². The number of hydrogen-bond acceptors (Lipinski definition) is 3. The highest BCUT2D eigenvalue weighted by Gasteiger charge is 2.34. The number of carbonyl (C=O) groups is 2. The minimum absolute atomic E-state index is 0.228. The highest BCUT2D eigenvalue weighted by atomic mass is 16.5. The van der Waals surface area contributed by atoms with Crippen LogP contribution in [-0.4, -0.2) is 25.0 Å². The van der Waals surface area contributed by atoms with Crippen LogP contribution in [0, 0.1) is 0 Å². The van der Waals surface area contributed by atoms with Gasteiger partial charge in [-0.3, -0.25) is 9.59 Å². The number of rotatable bonds is 6. The van der Waals surface area contributed by atoms with Crippen molar-refractivity contribution in [1.82, 2.24) is 5.32 Å². The molecule has 3 aromatic rings. The van der Waals surface area contributed by atoms with Gasteiger partial charge in [0.1, 0.15) is 11.8 Å². The van der Waals surface area contributed by atoms with Crippen LogP contribution in [0.1, 0.15) is 22.6 Å². The lowest BCUT2D eigenvalue weighted by Crippen LogP contribution is -2.47. The third kappa shape index (κ3) is 3.59. The molecule has 5 nitrogen and oxygen atoms in total. The molecule has 0 radical (unpaired) electrons. The fourth-order valence-electron chi connectivity index (χ4n) is 3.95. The maximum atomic E-state index is 13.3. The average molecular weight is 386 g/mol. The van der Waals surface area contributed by atoms with Crippen LogP contribution in [0.2, 0.25) is 0 Å². The number of ether oxygens (including phenoxy) is 1. The summed E-state index contributed by atoms with van der Waals surface area (Å²) >= 11 is 0. The van der Waals surface area contributed by atoms with Gasteiger partial charge >= 0.3 is 0 Å². The molecular weight excluding hydrogens is 364 g/mol. The molecule has 0 fully saturated rings. The Morgan fingerprint density at radius 2 is 1.59 bits per heavy atom. The summed E-state index contributed by atoms with van der Waals surface area (Å²) in [6, 6.07) is 22.3. The van der Waals surface area contributed by atoms with E-state index >= 15 is 0 Å². The first-order valence-corrected chi connectivity index (χ1v) is 9.49. The number of benzene rings is 3. The van der Waals surface area contributed by atoms with E-state index in [0.717, 1.165) is 27.8 Å². The van der Waals surface area contributed by atoms with Gasteiger partial charge in [0.25, 0.3) is 0 Å². The van der Waals surface area contributed by atoms with Gasteiger partial charge in [-0.2, -0.15) is 0 Å². The summed E-state index contributed by atoms with van der Waals surface area (Å²) in [6.45, 7) is 0. The zero-order valence-electron chi connectivity index (χ0n) is 16.1. The third-order valence-corrected chi connectivity index (χ3v) is 5.33. The molecule has 0 aliphatic heterocycles. The Labute approximate surface area is 169 Å². The zero-order chi connectivity index (χ0) is 20.4. The van der Waals surface area contributed by atoms with E-state index < -0.39 is 17.9 Å². The van der Waals surface area contributed by atoms with Gasteiger partial charge in [0.2, 0.25) is 11.8 Å². The number of primary amides is 1. The summed E-state index contributed by atoms with van der Waals surface area (Å²) in [6.07, 6.45) is 0.300. The molecule has 0 unspecified atom stereocenters. The Hall–Kier alpha value is -3.60. The Kier molecular flexibility index (Phi) is 5.04. The van der Waals surface area contributed by atoms with Crippen molar-refractivity contribution >= 4 is 11.8 Å². The van der Waals surface area contributed by atoms with Gasteiger partial charge in [-0.1, -0.05) is 60.7 Å². The van der Waals surface area contributed by atoms with Crippen molar-refractivity contribution in [1.29, 1.82) is 0 Å². The molecule has 0 heterocycles. The van der Waals surface area contributed by atoms with Crippen LogP contribution in [0.15, 0.2) is 72.8 Å². The monoisotopic (exact) mass is 386 g/mol. The largest absolute Gasteiger partial charge is 0.497 e. The number of nitrogens with one attached hydrogen (secondary N) is 1. The fourth-order valence-corrected chi connectivity index (χ4v) is 3.95. The van der Waals surface area contributed by atoms with Crippen LogP contribution in [-0.2, 0) is 16.0 Å². The maximum absolute atomic E-state index is 13.3. The second-order valence-electron chi connectivity index (χ2n) is 7.13. The molecule has 5 heteroatoms. The maximum Gasteiger partial charge on any atom is 0.240 e.